The summed E-state index contributed by atoms with van der Waals surface area (Å²) in [6.45, 7) is 2.03. The molecule has 5 heteroatoms. The molecule has 1 aromatic carbocycles. The topological polar surface area (TPSA) is 46.2 Å². The van der Waals surface area contributed by atoms with Crippen LogP contribution >= 0.6 is 27.3 Å². The molecule has 0 unspecified atom stereocenters. The Morgan fingerprint density at radius 1 is 1.25 bits per heavy atom. The molecule has 0 radical (unpaired) electrons. The van der Waals surface area contributed by atoms with Gasteiger partial charge >= 0.3 is 0 Å². The van der Waals surface area contributed by atoms with Gasteiger partial charge in [-0.05, 0) is 12.5 Å². The van der Waals surface area contributed by atoms with Gasteiger partial charge in [-0.2, -0.15) is 0 Å². The number of hydrogen-bond donors (Lipinski definition) is 1. The largest absolute Gasteiger partial charge is 0.316 e. The molecule has 0 bridgehead atoms. The second-order valence-electron chi connectivity index (χ2n) is 4.19. The second-order valence-corrected chi connectivity index (χ2v) is 5.88. The number of aryl methyl sites for hydroxylation is 1. The number of amides is 1. The SMILES string of the molecule is CCc1cc(C(=O)c2ccccc2)c(NC(=O)CBr)s1. The summed E-state index contributed by atoms with van der Waals surface area (Å²) < 4.78 is 0. The third-order valence-corrected chi connectivity index (χ3v) is 4.49. The van der Waals surface area contributed by atoms with Gasteiger partial charge in [-0.15, -0.1) is 11.3 Å². The van der Waals surface area contributed by atoms with E-state index < -0.39 is 0 Å². The van der Waals surface area contributed by atoms with Crippen LogP contribution in [0.2, 0.25) is 0 Å². The Balaban J connectivity index is 2.37. The highest BCUT2D eigenvalue weighted by molar-refractivity contribution is 9.09. The summed E-state index contributed by atoms with van der Waals surface area (Å²) in [5.41, 5.74) is 1.19. The lowest BCUT2D eigenvalue weighted by Gasteiger charge is -2.04. The number of alkyl halides is 1. The van der Waals surface area contributed by atoms with Crippen molar-refractivity contribution in [1.82, 2.24) is 0 Å². The van der Waals surface area contributed by atoms with E-state index in [1.807, 2.05) is 31.2 Å². The lowest BCUT2D eigenvalue weighted by atomic mass is 10.1. The standard InChI is InChI=1S/C15H14BrNO2S/c1-2-11-8-12(15(20-11)17-13(18)9-16)14(19)10-6-4-3-5-7-10/h3-8H,2,9H2,1H3,(H,17,18). The molecule has 2 aromatic rings. The number of ketones is 1. The van der Waals surface area contributed by atoms with E-state index in [0.717, 1.165) is 11.3 Å². The molecule has 3 nitrogen and oxygen atoms in total. The van der Waals surface area contributed by atoms with Gasteiger partial charge < -0.3 is 5.32 Å². The van der Waals surface area contributed by atoms with Crippen molar-refractivity contribution < 1.29 is 9.59 Å². The quantitative estimate of drug-likeness (QED) is 0.656. The first kappa shape index (κ1) is 14.9. The van der Waals surface area contributed by atoms with Crippen molar-refractivity contribution in [3.05, 3.63) is 52.4 Å². The van der Waals surface area contributed by atoms with Crippen LogP contribution < -0.4 is 5.32 Å². The van der Waals surface area contributed by atoms with Gasteiger partial charge in [0.05, 0.1) is 10.9 Å². The van der Waals surface area contributed by atoms with Crippen molar-refractivity contribution in [2.24, 2.45) is 0 Å². The maximum absolute atomic E-state index is 12.5. The summed E-state index contributed by atoms with van der Waals surface area (Å²) in [5.74, 6) is -0.219. The second kappa shape index (κ2) is 6.81. The van der Waals surface area contributed by atoms with Crippen LogP contribution in [0.3, 0.4) is 0 Å². The lowest BCUT2D eigenvalue weighted by molar-refractivity contribution is -0.113. The smallest absolute Gasteiger partial charge is 0.235 e. The number of thiophene rings is 1. The number of nitrogens with one attached hydrogen (secondary N) is 1. The highest BCUT2D eigenvalue weighted by Gasteiger charge is 2.18. The Bertz CT molecular complexity index is 622. The number of carbonyl (C=O) groups is 2. The predicted molar refractivity (Wildman–Crippen MR) is 86.0 cm³/mol. The first-order chi connectivity index (χ1) is 9.65. The van der Waals surface area contributed by atoms with Crippen molar-refractivity contribution in [2.45, 2.75) is 13.3 Å². The predicted octanol–water partition coefficient (Wildman–Crippen LogP) is 3.87. The minimum Gasteiger partial charge on any atom is -0.316 e. The minimum atomic E-state index is -0.156. The average molecular weight is 352 g/mol. The summed E-state index contributed by atoms with van der Waals surface area (Å²) in [6.07, 6.45) is 0.837. The molecule has 0 aliphatic heterocycles. The van der Waals surface area contributed by atoms with Crippen LogP contribution in [-0.2, 0) is 11.2 Å². The maximum Gasteiger partial charge on any atom is 0.235 e. The van der Waals surface area contributed by atoms with Gasteiger partial charge in [0.15, 0.2) is 5.78 Å². The molecule has 0 fully saturated rings. The highest BCUT2D eigenvalue weighted by Crippen LogP contribution is 2.30. The number of anilines is 1. The molecule has 1 amide bonds. The zero-order chi connectivity index (χ0) is 14.5. The first-order valence-corrected chi connectivity index (χ1v) is 8.17. The number of rotatable bonds is 5. The minimum absolute atomic E-state index is 0.0635. The Hall–Kier alpha value is -1.46. The summed E-state index contributed by atoms with van der Waals surface area (Å²) in [6, 6.07) is 11.0. The zero-order valence-corrected chi connectivity index (χ0v) is 13.4. The number of carbonyl (C=O) groups excluding carboxylic acids is 2. The lowest BCUT2D eigenvalue weighted by Crippen LogP contribution is -2.13. The van der Waals surface area contributed by atoms with Crippen molar-refractivity contribution in [2.75, 3.05) is 10.6 Å². The Morgan fingerprint density at radius 3 is 2.55 bits per heavy atom. The zero-order valence-electron chi connectivity index (χ0n) is 11.0. The molecule has 0 saturated heterocycles. The average Bonchev–Trinajstić information content (AvgIpc) is 2.90. The van der Waals surface area contributed by atoms with Crippen LogP contribution in [0.1, 0.15) is 27.7 Å². The van der Waals surface area contributed by atoms with E-state index in [-0.39, 0.29) is 17.0 Å². The molecule has 0 spiro atoms. The van der Waals surface area contributed by atoms with Crippen LogP contribution in [0.25, 0.3) is 0 Å². The van der Waals surface area contributed by atoms with E-state index in [0.29, 0.717) is 16.1 Å². The van der Waals surface area contributed by atoms with E-state index >= 15 is 0 Å². The molecule has 20 heavy (non-hydrogen) atoms. The summed E-state index contributed by atoms with van der Waals surface area (Å²) in [7, 11) is 0. The molecule has 1 N–H and O–H groups in total. The molecular formula is C15H14BrNO2S. The Morgan fingerprint density at radius 2 is 1.95 bits per heavy atom. The molecule has 0 aliphatic carbocycles. The molecule has 0 saturated carbocycles. The fraction of sp³-hybridized carbons (Fsp3) is 0.200. The van der Waals surface area contributed by atoms with Gasteiger partial charge in [0.2, 0.25) is 5.91 Å². The first-order valence-electron chi connectivity index (χ1n) is 6.24. The Labute approximate surface area is 130 Å². The van der Waals surface area contributed by atoms with Crippen LogP contribution in [0.15, 0.2) is 36.4 Å². The van der Waals surface area contributed by atoms with Crippen LogP contribution in [0.4, 0.5) is 5.00 Å². The fourth-order valence-corrected chi connectivity index (χ4v) is 2.93. The van der Waals surface area contributed by atoms with Gasteiger partial charge in [-0.1, -0.05) is 53.2 Å². The molecule has 0 aliphatic rings. The molecule has 0 atom stereocenters. The van der Waals surface area contributed by atoms with Crippen molar-refractivity contribution in [1.29, 1.82) is 0 Å². The normalized spacial score (nSPS) is 10.3. The van der Waals surface area contributed by atoms with Gasteiger partial charge in [0.25, 0.3) is 0 Å². The summed E-state index contributed by atoms with van der Waals surface area (Å²) in [4.78, 5) is 25.1. The van der Waals surface area contributed by atoms with Gasteiger partial charge in [0, 0.05) is 10.4 Å². The third kappa shape index (κ3) is 3.35. The van der Waals surface area contributed by atoms with Gasteiger partial charge in [-0.3, -0.25) is 9.59 Å². The van der Waals surface area contributed by atoms with Crippen LogP contribution in [0.5, 0.6) is 0 Å². The summed E-state index contributed by atoms with van der Waals surface area (Å²) in [5, 5.41) is 3.62. The molecule has 1 aromatic heterocycles. The highest BCUT2D eigenvalue weighted by atomic mass is 79.9. The summed E-state index contributed by atoms with van der Waals surface area (Å²) >= 11 is 4.56. The van der Waals surface area contributed by atoms with E-state index in [9.17, 15) is 9.59 Å². The van der Waals surface area contributed by atoms with E-state index in [2.05, 4.69) is 21.2 Å². The van der Waals surface area contributed by atoms with E-state index in [1.165, 1.54) is 11.3 Å². The Kier molecular flexibility index (Phi) is 5.09. The van der Waals surface area contributed by atoms with Crippen molar-refractivity contribution >= 4 is 44.0 Å². The van der Waals surface area contributed by atoms with Crippen LogP contribution in [-0.4, -0.2) is 17.0 Å². The molecule has 1 heterocycles. The number of hydrogen-bond acceptors (Lipinski definition) is 3. The van der Waals surface area contributed by atoms with Gasteiger partial charge in [0.1, 0.15) is 5.00 Å². The third-order valence-electron chi connectivity index (χ3n) is 2.79. The number of halogens is 1. The van der Waals surface area contributed by atoms with Crippen molar-refractivity contribution in [3.63, 3.8) is 0 Å². The molecule has 2 rings (SSSR count). The van der Waals surface area contributed by atoms with Crippen molar-refractivity contribution in [3.8, 4) is 0 Å². The molecule has 104 valence electrons. The maximum atomic E-state index is 12.5. The van der Waals surface area contributed by atoms with E-state index in [1.54, 1.807) is 12.1 Å². The molecular weight excluding hydrogens is 338 g/mol. The van der Waals surface area contributed by atoms with Crippen LogP contribution in [0, 0.1) is 0 Å². The number of benzene rings is 1. The monoisotopic (exact) mass is 351 g/mol. The van der Waals surface area contributed by atoms with E-state index in [4.69, 9.17) is 0 Å². The fourth-order valence-electron chi connectivity index (χ4n) is 1.78. The van der Waals surface area contributed by atoms with Gasteiger partial charge in [-0.25, -0.2) is 0 Å².